The van der Waals surface area contributed by atoms with Crippen molar-refractivity contribution < 1.29 is 14.3 Å². The fourth-order valence-corrected chi connectivity index (χ4v) is 2.84. The van der Waals surface area contributed by atoms with Crippen LogP contribution < -0.4 is 5.32 Å². The van der Waals surface area contributed by atoms with Crippen molar-refractivity contribution in [3.8, 4) is 0 Å². The van der Waals surface area contributed by atoms with E-state index in [1.54, 1.807) is 11.6 Å². The molecular formula is C14H13Cl3N2O3S. The molecule has 2 atom stereocenters. The summed E-state index contributed by atoms with van der Waals surface area (Å²) in [6.45, 7) is -0.218. The molecule has 1 aliphatic rings. The maximum atomic E-state index is 12.4. The van der Waals surface area contributed by atoms with E-state index < -0.39 is 17.8 Å². The summed E-state index contributed by atoms with van der Waals surface area (Å²) in [5, 5.41) is 5.00. The van der Waals surface area contributed by atoms with E-state index in [9.17, 15) is 9.59 Å². The number of aromatic nitrogens is 1. The van der Waals surface area contributed by atoms with Crippen LogP contribution in [0.1, 0.15) is 12.8 Å². The molecule has 1 N–H and O–H groups in total. The number of hydrogen-bond donors (Lipinski definition) is 1. The topological polar surface area (TPSA) is 68.3 Å². The molecule has 0 radical (unpaired) electrons. The van der Waals surface area contributed by atoms with Gasteiger partial charge in [-0.3, -0.25) is 9.59 Å². The van der Waals surface area contributed by atoms with Gasteiger partial charge in [-0.05, 0) is 12.8 Å². The predicted molar refractivity (Wildman–Crippen MR) is 91.6 cm³/mol. The van der Waals surface area contributed by atoms with Gasteiger partial charge >= 0.3 is 5.97 Å². The number of allylic oxidation sites excluding steroid dienone is 2. The highest BCUT2D eigenvalue weighted by Crippen LogP contribution is 2.29. The lowest BCUT2D eigenvalue weighted by Gasteiger charge is -2.25. The molecule has 1 heterocycles. The van der Waals surface area contributed by atoms with E-state index in [4.69, 9.17) is 39.5 Å². The van der Waals surface area contributed by atoms with E-state index in [2.05, 4.69) is 10.3 Å². The highest BCUT2D eigenvalue weighted by molar-refractivity contribution is 7.13. The highest BCUT2D eigenvalue weighted by atomic mass is 35.5. The van der Waals surface area contributed by atoms with Crippen molar-refractivity contribution >= 4 is 63.1 Å². The van der Waals surface area contributed by atoms with Gasteiger partial charge in [0, 0.05) is 11.6 Å². The molecule has 9 heteroatoms. The number of halogens is 3. The Balaban J connectivity index is 2.00. The Hall–Kier alpha value is -1.08. The standard InChI is InChI=1S/C14H13Cl3N2O3S/c15-10(11(16)17)7-22-13(21)9-4-2-1-3-8(9)12(20)19-14-18-5-6-23-14/h1-2,5-6,8-9H,3-4,7H2,(H,18,19,20)/t8-,9-/m0/s1. The molecule has 1 aromatic heterocycles. The summed E-state index contributed by atoms with van der Waals surface area (Å²) in [5.41, 5.74) is 0. The lowest BCUT2D eigenvalue weighted by Crippen LogP contribution is -2.35. The van der Waals surface area contributed by atoms with E-state index in [0.717, 1.165) is 0 Å². The number of thiazole rings is 1. The summed E-state index contributed by atoms with van der Waals surface area (Å²) in [5.74, 6) is -1.88. The van der Waals surface area contributed by atoms with Gasteiger partial charge in [-0.2, -0.15) is 0 Å². The van der Waals surface area contributed by atoms with Crippen LogP contribution in [0.2, 0.25) is 0 Å². The molecule has 5 nitrogen and oxygen atoms in total. The lowest BCUT2D eigenvalue weighted by atomic mass is 9.82. The molecular weight excluding hydrogens is 383 g/mol. The van der Waals surface area contributed by atoms with Gasteiger partial charge < -0.3 is 10.1 Å². The molecule has 23 heavy (non-hydrogen) atoms. The van der Waals surface area contributed by atoms with E-state index in [-0.39, 0.29) is 22.0 Å². The van der Waals surface area contributed by atoms with Crippen molar-refractivity contribution in [2.75, 3.05) is 11.9 Å². The van der Waals surface area contributed by atoms with Crippen LogP contribution in [0.25, 0.3) is 0 Å². The van der Waals surface area contributed by atoms with Gasteiger partial charge in [0.25, 0.3) is 0 Å². The van der Waals surface area contributed by atoms with Crippen molar-refractivity contribution in [2.45, 2.75) is 12.8 Å². The van der Waals surface area contributed by atoms with Crippen LogP contribution >= 0.6 is 46.1 Å². The smallest absolute Gasteiger partial charge is 0.310 e. The molecule has 0 bridgehead atoms. The van der Waals surface area contributed by atoms with Crippen LogP contribution in [0.5, 0.6) is 0 Å². The van der Waals surface area contributed by atoms with Gasteiger partial charge in [-0.15, -0.1) is 11.3 Å². The number of amides is 1. The summed E-state index contributed by atoms with van der Waals surface area (Å²) in [6, 6.07) is 0. The fourth-order valence-electron chi connectivity index (χ4n) is 2.14. The van der Waals surface area contributed by atoms with Crippen molar-refractivity contribution in [2.24, 2.45) is 11.8 Å². The zero-order valence-electron chi connectivity index (χ0n) is 11.8. The minimum atomic E-state index is -0.585. The number of nitrogens with zero attached hydrogens (tertiary/aromatic N) is 1. The molecule has 0 saturated heterocycles. The molecule has 0 fully saturated rings. The third kappa shape index (κ3) is 5.21. The maximum Gasteiger partial charge on any atom is 0.310 e. The molecule has 1 aliphatic carbocycles. The number of carbonyl (C=O) groups excluding carboxylic acids is 2. The molecule has 1 amide bonds. The largest absolute Gasteiger partial charge is 0.460 e. The number of esters is 1. The monoisotopic (exact) mass is 394 g/mol. The number of hydrogen-bond acceptors (Lipinski definition) is 5. The predicted octanol–water partition coefficient (Wildman–Crippen LogP) is 4.09. The Morgan fingerprint density at radius 3 is 2.57 bits per heavy atom. The minimum Gasteiger partial charge on any atom is -0.460 e. The molecule has 2 rings (SSSR count). The molecule has 0 spiro atoms. The average Bonchev–Trinajstić information content (AvgIpc) is 3.05. The molecule has 1 aromatic rings. The number of ether oxygens (including phenoxy) is 1. The Morgan fingerprint density at radius 2 is 1.96 bits per heavy atom. The van der Waals surface area contributed by atoms with Gasteiger partial charge in [-0.1, -0.05) is 47.0 Å². The first-order chi connectivity index (χ1) is 11.0. The Morgan fingerprint density at radius 1 is 1.26 bits per heavy atom. The third-order valence-corrected chi connectivity index (χ3v) is 4.92. The normalized spacial score (nSPS) is 20.0. The van der Waals surface area contributed by atoms with Gasteiger partial charge in [0.2, 0.25) is 5.91 Å². The summed E-state index contributed by atoms with van der Waals surface area (Å²) >= 11 is 18.0. The van der Waals surface area contributed by atoms with E-state index in [0.29, 0.717) is 18.0 Å². The zero-order valence-corrected chi connectivity index (χ0v) is 14.9. The number of anilines is 1. The van der Waals surface area contributed by atoms with Gasteiger partial charge in [0.05, 0.1) is 16.9 Å². The second-order valence-electron chi connectivity index (χ2n) is 4.76. The van der Waals surface area contributed by atoms with Crippen LogP contribution in [0.15, 0.2) is 33.3 Å². The molecule has 0 unspecified atom stereocenters. The Labute approximate surface area is 152 Å². The maximum absolute atomic E-state index is 12.4. The Bertz CT molecular complexity index is 627. The molecule has 0 saturated carbocycles. The second-order valence-corrected chi connectivity index (χ2v) is 7.06. The van der Waals surface area contributed by atoms with E-state index >= 15 is 0 Å². The fraction of sp³-hybridized carbons (Fsp3) is 0.357. The summed E-state index contributed by atoms with van der Waals surface area (Å²) in [6.07, 6.45) is 6.20. The Kier molecular flexibility index (Phi) is 6.89. The van der Waals surface area contributed by atoms with Crippen LogP contribution in [0.3, 0.4) is 0 Å². The summed E-state index contributed by atoms with van der Waals surface area (Å²) in [7, 11) is 0. The van der Waals surface area contributed by atoms with Crippen molar-refractivity contribution in [1.29, 1.82) is 0 Å². The van der Waals surface area contributed by atoms with Crippen molar-refractivity contribution in [3.05, 3.63) is 33.3 Å². The third-order valence-electron chi connectivity index (χ3n) is 3.28. The van der Waals surface area contributed by atoms with Gasteiger partial charge in [0.1, 0.15) is 11.1 Å². The first kappa shape index (κ1) is 18.3. The molecule has 0 aromatic carbocycles. The first-order valence-corrected chi connectivity index (χ1v) is 8.72. The number of carbonyl (C=O) groups is 2. The summed E-state index contributed by atoms with van der Waals surface area (Å²) in [4.78, 5) is 28.6. The van der Waals surface area contributed by atoms with Crippen molar-refractivity contribution in [1.82, 2.24) is 4.98 Å². The molecule has 0 aliphatic heterocycles. The van der Waals surface area contributed by atoms with Gasteiger partial charge in [-0.25, -0.2) is 4.98 Å². The second kappa shape index (κ2) is 8.68. The quantitative estimate of drug-likeness (QED) is 0.602. The molecule has 124 valence electrons. The van der Waals surface area contributed by atoms with Gasteiger partial charge in [0.15, 0.2) is 5.13 Å². The average molecular weight is 396 g/mol. The van der Waals surface area contributed by atoms with E-state index in [1.165, 1.54) is 11.3 Å². The minimum absolute atomic E-state index is 0.0387. The SMILES string of the molecule is O=C(Nc1nccs1)[C@H]1CC=CC[C@@H]1C(=O)OCC(Cl)=C(Cl)Cl. The summed E-state index contributed by atoms with van der Waals surface area (Å²) < 4.78 is 4.94. The number of nitrogens with one attached hydrogen (secondary N) is 1. The van der Waals surface area contributed by atoms with Crippen LogP contribution in [-0.2, 0) is 14.3 Å². The number of rotatable bonds is 5. The first-order valence-electron chi connectivity index (χ1n) is 6.70. The van der Waals surface area contributed by atoms with Crippen molar-refractivity contribution in [3.63, 3.8) is 0 Å². The van der Waals surface area contributed by atoms with Crippen LogP contribution in [-0.4, -0.2) is 23.5 Å². The van der Waals surface area contributed by atoms with Crippen LogP contribution in [0.4, 0.5) is 5.13 Å². The zero-order chi connectivity index (χ0) is 16.8. The highest BCUT2D eigenvalue weighted by Gasteiger charge is 2.35. The lowest BCUT2D eigenvalue weighted by molar-refractivity contribution is -0.151. The van der Waals surface area contributed by atoms with E-state index in [1.807, 2.05) is 12.2 Å². The van der Waals surface area contributed by atoms with Crippen LogP contribution in [0, 0.1) is 11.8 Å².